The van der Waals surface area contributed by atoms with Crippen LogP contribution < -0.4 is 15.4 Å². The SMILES string of the molecule is Cc1ccc(OCC(=O)Nc2cccc3c2C(=O)NC3=O)cc1. The van der Waals surface area contributed by atoms with Crippen LogP contribution >= 0.6 is 0 Å². The number of benzene rings is 2. The number of fused-ring (bicyclic) bond motifs is 1. The second kappa shape index (κ2) is 5.92. The van der Waals surface area contributed by atoms with E-state index in [9.17, 15) is 14.4 Å². The second-order valence-corrected chi connectivity index (χ2v) is 5.16. The van der Waals surface area contributed by atoms with Gasteiger partial charge in [-0.05, 0) is 31.2 Å². The van der Waals surface area contributed by atoms with Crippen molar-refractivity contribution >= 4 is 23.4 Å². The molecule has 2 aromatic rings. The smallest absolute Gasteiger partial charge is 0.262 e. The van der Waals surface area contributed by atoms with Gasteiger partial charge in [0.05, 0.1) is 16.8 Å². The lowest BCUT2D eigenvalue weighted by molar-refractivity contribution is -0.118. The van der Waals surface area contributed by atoms with E-state index in [4.69, 9.17) is 4.74 Å². The summed E-state index contributed by atoms with van der Waals surface area (Å²) in [5, 5.41) is 4.80. The maximum Gasteiger partial charge on any atom is 0.262 e. The molecule has 0 saturated carbocycles. The Balaban J connectivity index is 1.68. The molecule has 2 aromatic carbocycles. The molecule has 1 aliphatic heterocycles. The first-order chi connectivity index (χ1) is 11.0. The molecule has 0 saturated heterocycles. The van der Waals surface area contributed by atoms with E-state index < -0.39 is 17.7 Å². The summed E-state index contributed by atoms with van der Waals surface area (Å²) in [6, 6.07) is 12.0. The Bertz CT molecular complexity index is 797. The van der Waals surface area contributed by atoms with Crippen LogP contribution in [0.4, 0.5) is 5.69 Å². The molecule has 2 N–H and O–H groups in total. The highest BCUT2D eigenvalue weighted by atomic mass is 16.5. The van der Waals surface area contributed by atoms with Gasteiger partial charge < -0.3 is 10.1 Å². The van der Waals surface area contributed by atoms with Crippen LogP contribution in [0.15, 0.2) is 42.5 Å². The van der Waals surface area contributed by atoms with Gasteiger partial charge in [0, 0.05) is 0 Å². The first kappa shape index (κ1) is 14.8. The van der Waals surface area contributed by atoms with Gasteiger partial charge in [-0.15, -0.1) is 0 Å². The summed E-state index contributed by atoms with van der Waals surface area (Å²) in [5.74, 6) is -0.805. The van der Waals surface area contributed by atoms with Gasteiger partial charge in [0.25, 0.3) is 17.7 Å². The molecule has 6 heteroatoms. The third-order valence-electron chi connectivity index (χ3n) is 3.43. The Kier molecular flexibility index (Phi) is 3.80. The lowest BCUT2D eigenvalue weighted by atomic mass is 10.1. The summed E-state index contributed by atoms with van der Waals surface area (Å²) in [6.45, 7) is 1.76. The summed E-state index contributed by atoms with van der Waals surface area (Å²) in [7, 11) is 0. The number of ether oxygens (including phenoxy) is 1. The van der Waals surface area contributed by atoms with Crippen molar-refractivity contribution in [2.75, 3.05) is 11.9 Å². The number of rotatable bonds is 4. The van der Waals surface area contributed by atoms with Crippen molar-refractivity contribution in [2.24, 2.45) is 0 Å². The van der Waals surface area contributed by atoms with E-state index in [1.807, 2.05) is 19.1 Å². The average Bonchev–Trinajstić information content (AvgIpc) is 2.82. The third kappa shape index (κ3) is 3.06. The standard InChI is InChI=1S/C17H14N2O4/c1-10-5-7-11(8-6-10)23-9-14(20)18-13-4-2-3-12-15(13)17(22)19-16(12)21/h2-8H,9H2,1H3,(H,18,20)(H,19,21,22). The largest absolute Gasteiger partial charge is 0.484 e. The minimum atomic E-state index is -0.514. The first-order valence-electron chi connectivity index (χ1n) is 7.02. The second-order valence-electron chi connectivity index (χ2n) is 5.16. The summed E-state index contributed by atoms with van der Waals surface area (Å²) in [5.41, 5.74) is 1.83. The van der Waals surface area contributed by atoms with Gasteiger partial charge in [0.2, 0.25) is 0 Å². The molecule has 3 rings (SSSR count). The molecule has 1 aliphatic rings. The fourth-order valence-electron chi connectivity index (χ4n) is 2.29. The molecule has 3 amide bonds. The summed E-state index contributed by atoms with van der Waals surface area (Å²) in [6.07, 6.45) is 0. The zero-order chi connectivity index (χ0) is 16.4. The van der Waals surface area contributed by atoms with Crippen LogP contribution in [0.2, 0.25) is 0 Å². The van der Waals surface area contributed by atoms with Crippen molar-refractivity contribution in [3.05, 3.63) is 59.2 Å². The van der Waals surface area contributed by atoms with Crippen LogP contribution in [0, 0.1) is 6.92 Å². The molecule has 0 atom stereocenters. The maximum absolute atomic E-state index is 12.0. The van der Waals surface area contributed by atoms with Crippen molar-refractivity contribution in [3.8, 4) is 5.75 Å². The van der Waals surface area contributed by atoms with Gasteiger partial charge in [-0.1, -0.05) is 23.8 Å². The number of amides is 3. The van der Waals surface area contributed by atoms with Gasteiger partial charge in [-0.25, -0.2) is 0 Å². The van der Waals surface area contributed by atoms with Gasteiger partial charge in [0.15, 0.2) is 6.61 Å². The average molecular weight is 310 g/mol. The van der Waals surface area contributed by atoms with Crippen molar-refractivity contribution in [1.82, 2.24) is 5.32 Å². The molecule has 6 nitrogen and oxygen atoms in total. The Morgan fingerprint density at radius 1 is 1.09 bits per heavy atom. The van der Waals surface area contributed by atoms with E-state index in [2.05, 4.69) is 10.6 Å². The van der Waals surface area contributed by atoms with E-state index in [0.29, 0.717) is 11.4 Å². The van der Waals surface area contributed by atoms with Gasteiger partial charge >= 0.3 is 0 Å². The molecule has 1 heterocycles. The molecule has 0 radical (unpaired) electrons. The lowest BCUT2D eigenvalue weighted by Gasteiger charge is -2.09. The van der Waals surface area contributed by atoms with Crippen molar-refractivity contribution in [1.29, 1.82) is 0 Å². The minimum Gasteiger partial charge on any atom is -0.484 e. The van der Waals surface area contributed by atoms with E-state index >= 15 is 0 Å². The van der Waals surface area contributed by atoms with Crippen LogP contribution in [0.3, 0.4) is 0 Å². The number of carbonyl (C=O) groups is 3. The monoisotopic (exact) mass is 310 g/mol. The zero-order valence-corrected chi connectivity index (χ0v) is 12.4. The van der Waals surface area contributed by atoms with E-state index in [0.717, 1.165) is 5.56 Å². The first-order valence-corrected chi connectivity index (χ1v) is 7.02. The molecule has 0 aromatic heterocycles. The van der Waals surface area contributed by atoms with Crippen molar-refractivity contribution in [2.45, 2.75) is 6.92 Å². The van der Waals surface area contributed by atoms with Crippen molar-refractivity contribution < 1.29 is 19.1 Å². The number of hydrogen-bond acceptors (Lipinski definition) is 4. The summed E-state index contributed by atoms with van der Waals surface area (Å²) >= 11 is 0. The summed E-state index contributed by atoms with van der Waals surface area (Å²) in [4.78, 5) is 35.3. The lowest BCUT2D eigenvalue weighted by Crippen LogP contribution is -2.23. The number of anilines is 1. The van der Waals surface area contributed by atoms with Crippen LogP contribution in [0.1, 0.15) is 26.3 Å². The number of imide groups is 1. The van der Waals surface area contributed by atoms with Crippen LogP contribution in [-0.4, -0.2) is 24.3 Å². The Labute approximate surface area is 132 Å². The zero-order valence-electron chi connectivity index (χ0n) is 12.4. The van der Waals surface area contributed by atoms with E-state index in [-0.39, 0.29) is 17.7 Å². The molecule has 116 valence electrons. The van der Waals surface area contributed by atoms with Crippen LogP contribution in [0.5, 0.6) is 5.75 Å². The topological polar surface area (TPSA) is 84.5 Å². The van der Waals surface area contributed by atoms with Crippen LogP contribution in [-0.2, 0) is 4.79 Å². The van der Waals surface area contributed by atoms with Gasteiger partial charge in [-0.2, -0.15) is 0 Å². The predicted octanol–water partition coefficient (Wildman–Crippen LogP) is 1.90. The van der Waals surface area contributed by atoms with Crippen molar-refractivity contribution in [3.63, 3.8) is 0 Å². The van der Waals surface area contributed by atoms with E-state index in [1.54, 1.807) is 24.3 Å². The maximum atomic E-state index is 12.0. The normalized spacial score (nSPS) is 12.6. The number of aryl methyl sites for hydroxylation is 1. The Morgan fingerprint density at radius 2 is 1.83 bits per heavy atom. The molecule has 0 bridgehead atoms. The number of hydrogen-bond donors (Lipinski definition) is 2. The highest BCUT2D eigenvalue weighted by Gasteiger charge is 2.29. The van der Waals surface area contributed by atoms with Gasteiger partial charge in [0.1, 0.15) is 5.75 Å². The molecule has 0 unspecified atom stereocenters. The fourth-order valence-corrected chi connectivity index (χ4v) is 2.29. The third-order valence-corrected chi connectivity index (χ3v) is 3.43. The number of nitrogens with one attached hydrogen (secondary N) is 2. The molecular formula is C17H14N2O4. The highest BCUT2D eigenvalue weighted by Crippen LogP contribution is 2.24. The highest BCUT2D eigenvalue weighted by molar-refractivity contribution is 6.24. The molecular weight excluding hydrogens is 296 g/mol. The predicted molar refractivity (Wildman–Crippen MR) is 83.5 cm³/mol. The van der Waals surface area contributed by atoms with Crippen LogP contribution in [0.25, 0.3) is 0 Å². The molecule has 0 fully saturated rings. The van der Waals surface area contributed by atoms with Gasteiger partial charge in [-0.3, -0.25) is 19.7 Å². The number of carbonyl (C=O) groups excluding carboxylic acids is 3. The molecule has 23 heavy (non-hydrogen) atoms. The summed E-state index contributed by atoms with van der Waals surface area (Å²) < 4.78 is 5.38. The fraction of sp³-hybridized carbons (Fsp3) is 0.118. The van der Waals surface area contributed by atoms with E-state index in [1.165, 1.54) is 6.07 Å². The quantitative estimate of drug-likeness (QED) is 0.845. The molecule has 0 spiro atoms. The Morgan fingerprint density at radius 3 is 2.57 bits per heavy atom. The minimum absolute atomic E-state index is 0.182. The Hall–Kier alpha value is -3.15. The molecule has 0 aliphatic carbocycles.